The third kappa shape index (κ3) is 3.98. The fraction of sp³-hybridized carbons (Fsp3) is 0.533. The SMILES string of the molecule is CC(C(=O)NC1CCCSC1)C(N)c1ccccc1. The van der Waals surface area contributed by atoms with Gasteiger partial charge in [0.2, 0.25) is 5.91 Å². The quantitative estimate of drug-likeness (QED) is 0.889. The van der Waals surface area contributed by atoms with Crippen LogP contribution in [0, 0.1) is 5.92 Å². The predicted molar refractivity (Wildman–Crippen MR) is 81.0 cm³/mol. The van der Waals surface area contributed by atoms with Crippen LogP contribution in [0.5, 0.6) is 0 Å². The third-order valence-electron chi connectivity index (χ3n) is 3.64. The smallest absolute Gasteiger partial charge is 0.224 e. The average Bonchev–Trinajstić information content (AvgIpc) is 2.47. The van der Waals surface area contributed by atoms with Crippen LogP contribution in [-0.2, 0) is 4.79 Å². The summed E-state index contributed by atoms with van der Waals surface area (Å²) in [4.78, 5) is 12.2. The number of nitrogens with one attached hydrogen (secondary N) is 1. The van der Waals surface area contributed by atoms with Gasteiger partial charge < -0.3 is 11.1 Å². The lowest BCUT2D eigenvalue weighted by atomic mass is 9.94. The minimum atomic E-state index is -0.238. The molecule has 1 amide bonds. The van der Waals surface area contributed by atoms with Gasteiger partial charge in [0.1, 0.15) is 0 Å². The van der Waals surface area contributed by atoms with E-state index in [1.54, 1.807) is 0 Å². The highest BCUT2D eigenvalue weighted by atomic mass is 32.2. The number of hydrogen-bond donors (Lipinski definition) is 2. The second kappa shape index (κ2) is 6.96. The van der Waals surface area contributed by atoms with Crippen molar-refractivity contribution in [2.75, 3.05) is 11.5 Å². The number of amides is 1. The van der Waals surface area contributed by atoms with Gasteiger partial charge in [0, 0.05) is 17.8 Å². The Kier molecular flexibility index (Phi) is 5.28. The van der Waals surface area contributed by atoms with Crippen LogP contribution in [0.1, 0.15) is 31.4 Å². The molecule has 1 aliphatic heterocycles. The number of nitrogens with two attached hydrogens (primary N) is 1. The zero-order chi connectivity index (χ0) is 13.7. The Labute approximate surface area is 119 Å². The van der Waals surface area contributed by atoms with Gasteiger partial charge in [0.05, 0.1) is 5.92 Å². The van der Waals surface area contributed by atoms with Crippen LogP contribution >= 0.6 is 11.8 Å². The van der Waals surface area contributed by atoms with Crippen molar-refractivity contribution in [1.82, 2.24) is 5.32 Å². The van der Waals surface area contributed by atoms with Crippen LogP contribution in [0.3, 0.4) is 0 Å². The summed E-state index contributed by atoms with van der Waals surface area (Å²) in [5, 5.41) is 3.13. The summed E-state index contributed by atoms with van der Waals surface area (Å²) in [7, 11) is 0. The summed E-state index contributed by atoms with van der Waals surface area (Å²) in [5.74, 6) is 2.11. The Morgan fingerprint density at radius 3 is 2.79 bits per heavy atom. The van der Waals surface area contributed by atoms with Gasteiger partial charge in [-0.15, -0.1) is 0 Å². The molecule has 1 heterocycles. The summed E-state index contributed by atoms with van der Waals surface area (Å²) in [6.45, 7) is 1.91. The van der Waals surface area contributed by atoms with Crippen LogP contribution in [0.15, 0.2) is 30.3 Å². The maximum absolute atomic E-state index is 12.2. The van der Waals surface area contributed by atoms with Crippen molar-refractivity contribution in [3.63, 3.8) is 0 Å². The number of rotatable bonds is 4. The van der Waals surface area contributed by atoms with Gasteiger partial charge >= 0.3 is 0 Å². The van der Waals surface area contributed by atoms with Crippen molar-refractivity contribution < 1.29 is 4.79 Å². The summed E-state index contributed by atoms with van der Waals surface area (Å²) < 4.78 is 0. The minimum Gasteiger partial charge on any atom is -0.352 e. The molecule has 104 valence electrons. The normalized spacial score (nSPS) is 22.5. The molecule has 3 unspecified atom stereocenters. The van der Waals surface area contributed by atoms with Gasteiger partial charge in [-0.25, -0.2) is 0 Å². The average molecular weight is 278 g/mol. The summed E-state index contributed by atoms with van der Waals surface area (Å²) >= 11 is 1.92. The molecule has 19 heavy (non-hydrogen) atoms. The Morgan fingerprint density at radius 2 is 2.16 bits per heavy atom. The van der Waals surface area contributed by atoms with Gasteiger partial charge in [-0.05, 0) is 24.2 Å². The Balaban J connectivity index is 1.91. The molecule has 1 aromatic carbocycles. The van der Waals surface area contributed by atoms with E-state index in [2.05, 4.69) is 5.32 Å². The van der Waals surface area contributed by atoms with Crippen molar-refractivity contribution in [3.05, 3.63) is 35.9 Å². The molecule has 0 aliphatic carbocycles. The van der Waals surface area contributed by atoms with E-state index >= 15 is 0 Å². The number of carbonyl (C=O) groups is 1. The largest absolute Gasteiger partial charge is 0.352 e. The molecule has 0 saturated carbocycles. The summed E-state index contributed by atoms with van der Waals surface area (Å²) in [6.07, 6.45) is 2.28. The minimum absolute atomic E-state index is 0.0730. The number of hydrogen-bond acceptors (Lipinski definition) is 3. The second-order valence-electron chi connectivity index (χ2n) is 5.15. The molecule has 3 atom stereocenters. The fourth-order valence-corrected chi connectivity index (χ4v) is 3.39. The van der Waals surface area contributed by atoms with Gasteiger partial charge in [-0.1, -0.05) is 37.3 Å². The monoisotopic (exact) mass is 278 g/mol. The predicted octanol–water partition coefficient (Wildman–Crippen LogP) is 2.33. The number of benzene rings is 1. The molecule has 1 aromatic rings. The van der Waals surface area contributed by atoms with E-state index in [-0.39, 0.29) is 17.9 Å². The Bertz CT molecular complexity index is 404. The van der Waals surface area contributed by atoms with Crippen molar-refractivity contribution in [3.8, 4) is 0 Å². The van der Waals surface area contributed by atoms with Crippen molar-refractivity contribution >= 4 is 17.7 Å². The van der Waals surface area contributed by atoms with E-state index < -0.39 is 0 Å². The van der Waals surface area contributed by atoms with Gasteiger partial charge in [0.25, 0.3) is 0 Å². The van der Waals surface area contributed by atoms with Crippen molar-refractivity contribution in [1.29, 1.82) is 0 Å². The van der Waals surface area contributed by atoms with Gasteiger partial charge in [-0.2, -0.15) is 11.8 Å². The lowest BCUT2D eigenvalue weighted by molar-refractivity contribution is -0.125. The lowest BCUT2D eigenvalue weighted by Crippen LogP contribution is -2.43. The Morgan fingerprint density at radius 1 is 1.42 bits per heavy atom. The first-order valence-corrected chi connectivity index (χ1v) is 8.02. The molecule has 0 bridgehead atoms. The fourth-order valence-electron chi connectivity index (χ4n) is 2.31. The molecule has 1 fully saturated rings. The van der Waals surface area contributed by atoms with Gasteiger partial charge in [-0.3, -0.25) is 4.79 Å². The molecule has 1 saturated heterocycles. The van der Waals surface area contributed by atoms with Crippen LogP contribution in [-0.4, -0.2) is 23.5 Å². The second-order valence-corrected chi connectivity index (χ2v) is 6.30. The topological polar surface area (TPSA) is 55.1 Å². The molecular formula is C15H22N2OS. The van der Waals surface area contributed by atoms with E-state index in [0.29, 0.717) is 6.04 Å². The number of thioether (sulfide) groups is 1. The third-order valence-corrected chi connectivity index (χ3v) is 4.86. The molecule has 0 aromatic heterocycles. The van der Waals surface area contributed by atoms with Crippen molar-refractivity contribution in [2.45, 2.75) is 31.8 Å². The molecule has 2 rings (SSSR count). The zero-order valence-electron chi connectivity index (χ0n) is 11.3. The molecule has 0 spiro atoms. The lowest BCUT2D eigenvalue weighted by Gasteiger charge is -2.26. The standard InChI is InChI=1S/C15H22N2OS/c1-11(14(16)12-6-3-2-4-7-12)15(18)17-13-8-5-9-19-10-13/h2-4,6-7,11,13-14H,5,8-10,16H2,1H3,(H,17,18). The molecule has 4 heteroatoms. The van der Waals surface area contributed by atoms with Crippen LogP contribution in [0.2, 0.25) is 0 Å². The van der Waals surface area contributed by atoms with Crippen molar-refractivity contribution in [2.24, 2.45) is 11.7 Å². The highest BCUT2D eigenvalue weighted by Gasteiger charge is 2.24. The van der Waals surface area contributed by atoms with Crippen LogP contribution in [0.25, 0.3) is 0 Å². The zero-order valence-corrected chi connectivity index (χ0v) is 12.2. The van der Waals surface area contributed by atoms with E-state index in [4.69, 9.17) is 5.73 Å². The van der Waals surface area contributed by atoms with Crippen LogP contribution in [0.4, 0.5) is 0 Å². The van der Waals surface area contributed by atoms with E-state index in [1.165, 1.54) is 12.2 Å². The first-order valence-electron chi connectivity index (χ1n) is 6.87. The van der Waals surface area contributed by atoms with Crippen LogP contribution < -0.4 is 11.1 Å². The maximum atomic E-state index is 12.2. The molecule has 1 aliphatic rings. The number of carbonyl (C=O) groups excluding carboxylic acids is 1. The van der Waals surface area contributed by atoms with Gasteiger partial charge in [0.15, 0.2) is 0 Å². The Hall–Kier alpha value is -1.00. The van der Waals surface area contributed by atoms with E-state index in [0.717, 1.165) is 17.7 Å². The molecular weight excluding hydrogens is 256 g/mol. The summed E-state index contributed by atoms with van der Waals surface area (Å²) in [5.41, 5.74) is 7.20. The first kappa shape index (κ1) is 14.4. The first-order chi connectivity index (χ1) is 9.18. The molecule has 3 N–H and O–H groups in total. The van der Waals surface area contributed by atoms with E-state index in [1.807, 2.05) is 49.0 Å². The molecule has 0 radical (unpaired) electrons. The summed E-state index contributed by atoms with van der Waals surface area (Å²) in [6, 6.07) is 9.90. The van der Waals surface area contributed by atoms with E-state index in [9.17, 15) is 4.79 Å². The highest BCUT2D eigenvalue weighted by molar-refractivity contribution is 7.99. The maximum Gasteiger partial charge on any atom is 0.224 e. The molecule has 3 nitrogen and oxygen atoms in total. The highest BCUT2D eigenvalue weighted by Crippen LogP contribution is 2.21.